The van der Waals surface area contributed by atoms with Gasteiger partial charge in [0.2, 0.25) is 0 Å². The molecular weight excluding hydrogens is 210 g/mol. The third kappa shape index (κ3) is 4.10. The third-order valence-corrected chi connectivity index (χ3v) is 2.60. The van der Waals surface area contributed by atoms with Crippen LogP contribution in [-0.4, -0.2) is 32.6 Å². The predicted molar refractivity (Wildman–Crippen MR) is 64.9 cm³/mol. The fraction of sp³-hybridized carbons (Fsp3) is 0.500. The summed E-state index contributed by atoms with van der Waals surface area (Å²) in [7, 11) is 5.82. The van der Waals surface area contributed by atoms with E-state index >= 15 is 0 Å². The van der Waals surface area contributed by atoms with Crippen LogP contribution in [0.2, 0.25) is 5.02 Å². The van der Waals surface area contributed by atoms with Crippen LogP contribution in [0.3, 0.4) is 0 Å². The molecule has 0 aliphatic carbocycles. The van der Waals surface area contributed by atoms with E-state index in [0.717, 1.165) is 25.1 Å². The van der Waals surface area contributed by atoms with E-state index in [9.17, 15) is 0 Å². The Balaban J connectivity index is 2.54. The fourth-order valence-corrected chi connectivity index (χ4v) is 1.65. The first-order chi connectivity index (χ1) is 7.13. The van der Waals surface area contributed by atoms with Crippen molar-refractivity contribution in [3.8, 4) is 5.75 Å². The van der Waals surface area contributed by atoms with Crippen LogP contribution in [0.25, 0.3) is 0 Å². The van der Waals surface area contributed by atoms with Crippen molar-refractivity contribution in [1.29, 1.82) is 0 Å². The number of aryl methyl sites for hydroxylation is 1. The number of methoxy groups -OCH3 is 1. The van der Waals surface area contributed by atoms with Crippen LogP contribution >= 0.6 is 11.6 Å². The summed E-state index contributed by atoms with van der Waals surface area (Å²) >= 11 is 5.95. The van der Waals surface area contributed by atoms with Gasteiger partial charge in [-0.15, -0.1) is 0 Å². The quantitative estimate of drug-likeness (QED) is 0.767. The number of hydrogen-bond donors (Lipinski definition) is 0. The lowest BCUT2D eigenvalue weighted by Crippen LogP contribution is -2.13. The summed E-state index contributed by atoms with van der Waals surface area (Å²) in [6, 6.07) is 5.96. The fourth-order valence-electron chi connectivity index (χ4n) is 1.46. The largest absolute Gasteiger partial charge is 0.495 e. The van der Waals surface area contributed by atoms with E-state index in [2.05, 4.69) is 25.1 Å². The predicted octanol–water partition coefficient (Wildman–Crippen LogP) is 2.84. The molecule has 0 amide bonds. The van der Waals surface area contributed by atoms with Crippen LogP contribution in [0.15, 0.2) is 18.2 Å². The molecule has 0 aliphatic heterocycles. The molecule has 15 heavy (non-hydrogen) atoms. The van der Waals surface area contributed by atoms with E-state index < -0.39 is 0 Å². The van der Waals surface area contributed by atoms with Crippen LogP contribution in [0.5, 0.6) is 5.75 Å². The summed E-state index contributed by atoms with van der Waals surface area (Å²) < 4.78 is 5.17. The van der Waals surface area contributed by atoms with Gasteiger partial charge in [0.25, 0.3) is 0 Å². The van der Waals surface area contributed by atoms with Crippen molar-refractivity contribution in [3.63, 3.8) is 0 Å². The van der Waals surface area contributed by atoms with Gasteiger partial charge in [0.1, 0.15) is 5.75 Å². The van der Waals surface area contributed by atoms with E-state index in [1.165, 1.54) is 5.56 Å². The molecule has 0 aromatic heterocycles. The van der Waals surface area contributed by atoms with Crippen LogP contribution in [-0.2, 0) is 6.42 Å². The molecule has 3 heteroatoms. The normalized spacial score (nSPS) is 10.7. The van der Waals surface area contributed by atoms with Gasteiger partial charge in [-0.25, -0.2) is 0 Å². The van der Waals surface area contributed by atoms with Crippen LogP contribution in [0.4, 0.5) is 0 Å². The molecule has 0 atom stereocenters. The lowest BCUT2D eigenvalue weighted by Gasteiger charge is -2.10. The van der Waals surface area contributed by atoms with E-state index in [1.54, 1.807) is 7.11 Å². The minimum absolute atomic E-state index is 0.675. The van der Waals surface area contributed by atoms with Crippen molar-refractivity contribution in [1.82, 2.24) is 4.90 Å². The Bertz CT molecular complexity index is 312. The molecule has 0 fully saturated rings. The second kappa shape index (κ2) is 5.99. The molecule has 0 saturated heterocycles. The highest BCUT2D eigenvalue weighted by Crippen LogP contribution is 2.25. The average molecular weight is 228 g/mol. The zero-order valence-corrected chi connectivity index (χ0v) is 10.3. The molecule has 2 nitrogen and oxygen atoms in total. The Morgan fingerprint density at radius 2 is 2.07 bits per heavy atom. The zero-order chi connectivity index (χ0) is 11.3. The average Bonchev–Trinajstić information content (AvgIpc) is 2.20. The molecule has 1 aromatic rings. The number of ether oxygens (including phenoxy) is 1. The lowest BCUT2D eigenvalue weighted by atomic mass is 10.1. The second-order valence-electron chi connectivity index (χ2n) is 3.88. The molecular formula is C12H18ClNO. The molecule has 1 rings (SSSR count). The smallest absolute Gasteiger partial charge is 0.137 e. The molecule has 0 aliphatic rings. The van der Waals surface area contributed by atoms with E-state index in [0.29, 0.717) is 5.02 Å². The monoisotopic (exact) mass is 227 g/mol. The summed E-state index contributed by atoms with van der Waals surface area (Å²) in [5, 5.41) is 0.675. The van der Waals surface area contributed by atoms with Gasteiger partial charge in [-0.05, 0) is 51.2 Å². The molecule has 0 N–H and O–H groups in total. The van der Waals surface area contributed by atoms with Gasteiger partial charge in [-0.1, -0.05) is 17.7 Å². The van der Waals surface area contributed by atoms with Crippen molar-refractivity contribution in [2.75, 3.05) is 27.7 Å². The van der Waals surface area contributed by atoms with Crippen molar-refractivity contribution in [2.24, 2.45) is 0 Å². The SMILES string of the molecule is COc1cc(CCCN(C)C)ccc1Cl. The Morgan fingerprint density at radius 1 is 1.33 bits per heavy atom. The number of benzene rings is 1. The molecule has 1 aromatic carbocycles. The topological polar surface area (TPSA) is 12.5 Å². The summed E-state index contributed by atoms with van der Waals surface area (Å²) in [4.78, 5) is 2.19. The minimum atomic E-state index is 0.675. The summed E-state index contributed by atoms with van der Waals surface area (Å²) in [5.41, 5.74) is 1.28. The highest BCUT2D eigenvalue weighted by molar-refractivity contribution is 6.32. The van der Waals surface area contributed by atoms with Crippen molar-refractivity contribution < 1.29 is 4.74 Å². The minimum Gasteiger partial charge on any atom is -0.495 e. The van der Waals surface area contributed by atoms with E-state index in [-0.39, 0.29) is 0 Å². The molecule has 0 unspecified atom stereocenters. The van der Waals surface area contributed by atoms with Gasteiger partial charge in [0.15, 0.2) is 0 Å². The first-order valence-corrected chi connectivity index (χ1v) is 5.48. The molecule has 0 bridgehead atoms. The second-order valence-corrected chi connectivity index (χ2v) is 4.28. The summed E-state index contributed by atoms with van der Waals surface area (Å²) in [6.07, 6.45) is 2.21. The Labute approximate surface area is 96.8 Å². The third-order valence-electron chi connectivity index (χ3n) is 2.29. The summed E-state index contributed by atoms with van der Waals surface area (Å²) in [5.74, 6) is 0.763. The molecule has 84 valence electrons. The van der Waals surface area contributed by atoms with Crippen LogP contribution in [0, 0.1) is 0 Å². The molecule has 0 radical (unpaired) electrons. The van der Waals surface area contributed by atoms with Gasteiger partial charge in [0, 0.05) is 0 Å². The Kier molecular flexibility index (Phi) is 4.92. The van der Waals surface area contributed by atoms with Gasteiger partial charge in [-0.3, -0.25) is 0 Å². The van der Waals surface area contributed by atoms with Crippen molar-refractivity contribution in [2.45, 2.75) is 12.8 Å². The molecule has 0 saturated carbocycles. The molecule has 0 heterocycles. The maximum absolute atomic E-state index is 5.95. The van der Waals surface area contributed by atoms with E-state index in [1.807, 2.05) is 12.1 Å². The standard InChI is InChI=1S/C12H18ClNO/c1-14(2)8-4-5-10-6-7-11(13)12(9-10)15-3/h6-7,9H,4-5,8H2,1-3H3. The first-order valence-electron chi connectivity index (χ1n) is 5.10. The number of halogens is 1. The maximum atomic E-state index is 5.95. The summed E-state index contributed by atoms with van der Waals surface area (Å²) in [6.45, 7) is 1.10. The van der Waals surface area contributed by atoms with Crippen LogP contribution < -0.4 is 4.74 Å². The Morgan fingerprint density at radius 3 is 2.67 bits per heavy atom. The van der Waals surface area contributed by atoms with Gasteiger partial charge < -0.3 is 9.64 Å². The van der Waals surface area contributed by atoms with E-state index in [4.69, 9.17) is 16.3 Å². The highest BCUT2D eigenvalue weighted by Gasteiger charge is 2.01. The van der Waals surface area contributed by atoms with Gasteiger partial charge >= 0.3 is 0 Å². The number of rotatable bonds is 5. The van der Waals surface area contributed by atoms with Crippen molar-refractivity contribution in [3.05, 3.63) is 28.8 Å². The van der Waals surface area contributed by atoms with Gasteiger partial charge in [0.05, 0.1) is 12.1 Å². The number of nitrogens with zero attached hydrogens (tertiary/aromatic N) is 1. The maximum Gasteiger partial charge on any atom is 0.137 e. The van der Waals surface area contributed by atoms with Gasteiger partial charge in [-0.2, -0.15) is 0 Å². The zero-order valence-electron chi connectivity index (χ0n) is 9.59. The number of hydrogen-bond acceptors (Lipinski definition) is 2. The first kappa shape index (κ1) is 12.3. The lowest BCUT2D eigenvalue weighted by molar-refractivity contribution is 0.399. The highest BCUT2D eigenvalue weighted by atomic mass is 35.5. The molecule has 0 spiro atoms. The van der Waals surface area contributed by atoms with Crippen molar-refractivity contribution >= 4 is 11.6 Å². The Hall–Kier alpha value is -0.730. The van der Waals surface area contributed by atoms with Crippen LogP contribution in [0.1, 0.15) is 12.0 Å².